The fraction of sp³-hybridized carbons (Fsp3) is 0.0769. The Bertz CT molecular complexity index is 941. The third-order valence-electron chi connectivity index (χ3n) is 3.17. The lowest BCUT2D eigenvalue weighted by Gasteiger charge is -2.09. The number of benzene rings is 2. The monoisotopic (exact) mass is 352 g/mol. The summed E-state index contributed by atoms with van der Waals surface area (Å²) in [6.07, 6.45) is 0. The third kappa shape index (κ3) is 3.41. The first-order valence-corrected chi connectivity index (χ1v) is 7.92. The molecule has 2 aromatic rings. The molecule has 0 amide bonds. The number of hydrogen-bond acceptors (Lipinski definition) is 7. The Hall–Kier alpha value is -3.21. The minimum Gasteiger partial charge on any atom is -0.393 e. The predicted molar refractivity (Wildman–Crippen MR) is 86.2 cm³/mol. The van der Waals surface area contributed by atoms with E-state index in [0.29, 0.717) is 5.56 Å². The molecule has 0 bridgehead atoms. The van der Waals surface area contributed by atoms with Crippen LogP contribution in [0.1, 0.15) is 5.56 Å². The molecule has 0 aliphatic carbocycles. The molecule has 0 spiro atoms. The van der Waals surface area contributed by atoms with Gasteiger partial charge in [-0.25, -0.2) is 8.42 Å². The second-order valence-electron chi connectivity index (χ2n) is 4.84. The normalized spacial score (nSPS) is 11.0. The van der Waals surface area contributed by atoms with E-state index in [9.17, 15) is 28.6 Å². The number of anilines is 2. The second-order valence-corrected chi connectivity index (χ2v) is 6.52. The second kappa shape index (κ2) is 6.12. The molecular weight excluding hydrogens is 340 g/mol. The predicted octanol–water partition coefficient (Wildman–Crippen LogP) is 2.19. The molecule has 0 aliphatic rings. The zero-order chi connectivity index (χ0) is 18.1. The van der Waals surface area contributed by atoms with E-state index < -0.39 is 25.6 Å². The Morgan fingerprint density at radius 2 is 1.62 bits per heavy atom. The fourth-order valence-corrected chi connectivity index (χ4v) is 3.00. The van der Waals surface area contributed by atoms with Gasteiger partial charge in [0, 0.05) is 17.7 Å². The standard InChI is InChI=1S/C13H12N4O6S/c1-8-2-4-10(7-12(8)16(18)19)24(22,23)15-9-3-5-11(14)13(6-9)17(20)21/h2-7,15H,14H2,1H3. The first-order valence-electron chi connectivity index (χ1n) is 6.43. The summed E-state index contributed by atoms with van der Waals surface area (Å²) in [4.78, 5) is 20.0. The van der Waals surface area contributed by atoms with Gasteiger partial charge in [-0.2, -0.15) is 0 Å². The number of aryl methyl sites for hydroxylation is 1. The number of nitrogens with zero attached hydrogens (tertiary/aromatic N) is 2. The van der Waals surface area contributed by atoms with Crippen LogP contribution in [0.4, 0.5) is 22.7 Å². The number of nitro benzene ring substituents is 2. The molecule has 0 unspecified atom stereocenters. The van der Waals surface area contributed by atoms with Gasteiger partial charge in [-0.15, -0.1) is 0 Å². The van der Waals surface area contributed by atoms with Gasteiger partial charge in [0.15, 0.2) is 0 Å². The van der Waals surface area contributed by atoms with Gasteiger partial charge in [-0.3, -0.25) is 25.0 Å². The minimum atomic E-state index is -4.16. The molecule has 24 heavy (non-hydrogen) atoms. The summed E-state index contributed by atoms with van der Waals surface area (Å²) in [6, 6.07) is 6.84. The van der Waals surface area contributed by atoms with Crippen LogP contribution in [0.25, 0.3) is 0 Å². The molecule has 0 saturated carbocycles. The number of hydrogen-bond donors (Lipinski definition) is 2. The number of nitrogen functional groups attached to an aromatic ring is 1. The number of sulfonamides is 1. The van der Waals surface area contributed by atoms with E-state index in [-0.39, 0.29) is 22.0 Å². The molecule has 0 fully saturated rings. The van der Waals surface area contributed by atoms with Gasteiger partial charge in [-0.05, 0) is 25.1 Å². The summed E-state index contributed by atoms with van der Waals surface area (Å²) in [5.41, 5.74) is 4.75. The van der Waals surface area contributed by atoms with Crippen molar-refractivity contribution in [1.29, 1.82) is 0 Å². The van der Waals surface area contributed by atoms with E-state index in [4.69, 9.17) is 5.73 Å². The van der Waals surface area contributed by atoms with E-state index in [1.165, 1.54) is 31.2 Å². The molecular formula is C13H12N4O6S. The van der Waals surface area contributed by atoms with E-state index in [0.717, 1.165) is 12.1 Å². The summed E-state index contributed by atoms with van der Waals surface area (Å²) >= 11 is 0. The topological polar surface area (TPSA) is 158 Å². The Morgan fingerprint density at radius 3 is 2.21 bits per heavy atom. The van der Waals surface area contributed by atoms with Gasteiger partial charge in [-0.1, -0.05) is 6.07 Å². The molecule has 10 nitrogen and oxygen atoms in total. The van der Waals surface area contributed by atoms with Crippen molar-refractivity contribution in [2.75, 3.05) is 10.5 Å². The lowest BCUT2D eigenvalue weighted by Crippen LogP contribution is -2.13. The Morgan fingerprint density at radius 1 is 1.00 bits per heavy atom. The van der Waals surface area contributed by atoms with Gasteiger partial charge in [0.2, 0.25) is 0 Å². The van der Waals surface area contributed by atoms with Gasteiger partial charge in [0.25, 0.3) is 21.4 Å². The summed E-state index contributed by atoms with van der Waals surface area (Å²) in [7, 11) is -4.16. The van der Waals surface area contributed by atoms with Crippen LogP contribution in [-0.4, -0.2) is 18.3 Å². The van der Waals surface area contributed by atoms with Gasteiger partial charge < -0.3 is 5.73 Å². The fourth-order valence-electron chi connectivity index (χ4n) is 1.93. The van der Waals surface area contributed by atoms with Crippen molar-refractivity contribution in [1.82, 2.24) is 0 Å². The van der Waals surface area contributed by atoms with Crippen LogP contribution in [0.2, 0.25) is 0 Å². The first kappa shape index (κ1) is 17.1. The molecule has 0 saturated heterocycles. The average molecular weight is 352 g/mol. The van der Waals surface area contributed by atoms with Crippen molar-refractivity contribution < 1.29 is 18.3 Å². The molecule has 126 valence electrons. The molecule has 11 heteroatoms. The summed E-state index contributed by atoms with van der Waals surface area (Å²) in [6.45, 7) is 1.48. The van der Waals surface area contributed by atoms with E-state index >= 15 is 0 Å². The van der Waals surface area contributed by atoms with Crippen molar-refractivity contribution in [2.45, 2.75) is 11.8 Å². The number of rotatable bonds is 5. The van der Waals surface area contributed by atoms with Crippen LogP contribution in [-0.2, 0) is 10.0 Å². The van der Waals surface area contributed by atoms with Crippen molar-refractivity contribution in [2.24, 2.45) is 0 Å². The zero-order valence-electron chi connectivity index (χ0n) is 12.3. The molecule has 0 aliphatic heterocycles. The average Bonchev–Trinajstić information content (AvgIpc) is 2.48. The SMILES string of the molecule is Cc1ccc(S(=O)(=O)Nc2ccc(N)c([N+](=O)[O-])c2)cc1[N+](=O)[O-]. The lowest BCUT2D eigenvalue weighted by atomic mass is 10.2. The van der Waals surface area contributed by atoms with Crippen LogP contribution in [0, 0.1) is 27.2 Å². The van der Waals surface area contributed by atoms with Crippen LogP contribution < -0.4 is 10.5 Å². The summed E-state index contributed by atoms with van der Waals surface area (Å²) in [5, 5.41) is 21.8. The van der Waals surface area contributed by atoms with Gasteiger partial charge in [0.1, 0.15) is 5.69 Å². The quantitative estimate of drug-likeness (QED) is 0.474. The highest BCUT2D eigenvalue weighted by molar-refractivity contribution is 7.92. The maximum Gasteiger partial charge on any atom is 0.294 e. The third-order valence-corrected chi connectivity index (χ3v) is 4.55. The highest BCUT2D eigenvalue weighted by Crippen LogP contribution is 2.28. The van der Waals surface area contributed by atoms with E-state index in [1.807, 2.05) is 0 Å². The molecule has 2 rings (SSSR count). The molecule has 0 heterocycles. The summed E-state index contributed by atoms with van der Waals surface area (Å²) < 4.78 is 26.8. The molecule has 3 N–H and O–H groups in total. The van der Waals surface area contributed by atoms with E-state index in [1.54, 1.807) is 0 Å². The van der Waals surface area contributed by atoms with Crippen LogP contribution in [0.5, 0.6) is 0 Å². The zero-order valence-corrected chi connectivity index (χ0v) is 13.1. The van der Waals surface area contributed by atoms with Crippen LogP contribution >= 0.6 is 0 Å². The van der Waals surface area contributed by atoms with Crippen molar-refractivity contribution in [3.8, 4) is 0 Å². The Balaban J connectivity index is 2.42. The number of nitrogens with one attached hydrogen (secondary N) is 1. The number of nitro groups is 2. The first-order chi connectivity index (χ1) is 11.1. The Kier molecular flexibility index (Phi) is 4.37. The minimum absolute atomic E-state index is 0.0841. The largest absolute Gasteiger partial charge is 0.393 e. The smallest absolute Gasteiger partial charge is 0.294 e. The van der Waals surface area contributed by atoms with Crippen molar-refractivity contribution in [3.05, 3.63) is 62.2 Å². The Labute approximate surface area is 136 Å². The van der Waals surface area contributed by atoms with Gasteiger partial charge >= 0.3 is 0 Å². The van der Waals surface area contributed by atoms with Crippen LogP contribution in [0.15, 0.2) is 41.3 Å². The molecule has 2 aromatic carbocycles. The van der Waals surface area contributed by atoms with Gasteiger partial charge in [0.05, 0.1) is 20.4 Å². The highest BCUT2D eigenvalue weighted by Gasteiger charge is 2.21. The maximum absolute atomic E-state index is 12.3. The number of nitrogens with two attached hydrogens (primary N) is 1. The van der Waals surface area contributed by atoms with Crippen LogP contribution in [0.3, 0.4) is 0 Å². The van der Waals surface area contributed by atoms with Crippen molar-refractivity contribution in [3.63, 3.8) is 0 Å². The summed E-state index contributed by atoms with van der Waals surface area (Å²) in [5.74, 6) is 0. The molecule has 0 radical (unpaired) electrons. The molecule has 0 aromatic heterocycles. The molecule has 0 atom stereocenters. The van der Waals surface area contributed by atoms with E-state index in [2.05, 4.69) is 4.72 Å². The van der Waals surface area contributed by atoms with Crippen molar-refractivity contribution >= 4 is 32.8 Å². The highest BCUT2D eigenvalue weighted by atomic mass is 32.2. The lowest BCUT2D eigenvalue weighted by molar-refractivity contribution is -0.385. The maximum atomic E-state index is 12.3.